The normalized spacial score (nSPS) is 10.5. The average Bonchev–Trinajstić information content (AvgIpc) is 2.95. The molecule has 1 amide bonds. The van der Waals surface area contributed by atoms with Crippen LogP contribution in [0.4, 0.5) is 10.2 Å². The monoisotopic (exact) mass is 350 g/mol. The van der Waals surface area contributed by atoms with Crippen molar-refractivity contribution in [1.29, 1.82) is 0 Å². The summed E-state index contributed by atoms with van der Waals surface area (Å²) in [6.07, 6.45) is 2.03. The van der Waals surface area contributed by atoms with Crippen molar-refractivity contribution < 1.29 is 18.8 Å². The van der Waals surface area contributed by atoms with Crippen LogP contribution in [0.3, 0.4) is 0 Å². The summed E-state index contributed by atoms with van der Waals surface area (Å²) in [6, 6.07) is 6.13. The van der Waals surface area contributed by atoms with E-state index in [2.05, 4.69) is 10.3 Å². The number of amides is 1. The molecule has 2 aromatic rings. The van der Waals surface area contributed by atoms with Gasteiger partial charge in [0.1, 0.15) is 6.20 Å². The van der Waals surface area contributed by atoms with Crippen LogP contribution in [-0.2, 0) is 11.3 Å². The van der Waals surface area contributed by atoms with Gasteiger partial charge in [0, 0.05) is 26.4 Å². The van der Waals surface area contributed by atoms with E-state index in [4.69, 9.17) is 4.74 Å². The number of nitrogens with one attached hydrogen (secondary N) is 1. The molecule has 1 aromatic carbocycles. The van der Waals surface area contributed by atoms with Crippen LogP contribution in [0.5, 0.6) is 5.75 Å². The maximum Gasteiger partial charge on any atom is 0.381 e. The second kappa shape index (κ2) is 8.76. The van der Waals surface area contributed by atoms with Crippen LogP contribution in [0.2, 0.25) is 0 Å². The van der Waals surface area contributed by atoms with Gasteiger partial charge in [-0.05, 0) is 28.5 Å². The Morgan fingerprint density at radius 2 is 2.20 bits per heavy atom. The van der Waals surface area contributed by atoms with Crippen molar-refractivity contribution in [2.75, 3.05) is 13.2 Å². The van der Waals surface area contributed by atoms with E-state index in [0.29, 0.717) is 25.3 Å². The Labute approximate surface area is 143 Å². The minimum atomic E-state index is -0.570. The highest BCUT2D eigenvalue weighted by atomic mass is 19.1. The van der Waals surface area contributed by atoms with Crippen LogP contribution in [0.25, 0.3) is 0 Å². The van der Waals surface area contributed by atoms with Gasteiger partial charge in [-0.25, -0.2) is 4.39 Å². The molecule has 2 rings (SSSR count). The van der Waals surface area contributed by atoms with E-state index in [1.54, 1.807) is 29.7 Å². The largest absolute Gasteiger partial charge is 0.490 e. The van der Waals surface area contributed by atoms with E-state index in [1.807, 2.05) is 0 Å². The highest BCUT2D eigenvalue weighted by Crippen LogP contribution is 2.15. The summed E-state index contributed by atoms with van der Waals surface area (Å²) in [6.45, 7) is 2.64. The molecule has 134 valence electrons. The zero-order valence-corrected chi connectivity index (χ0v) is 13.8. The number of imidazole rings is 1. The molecule has 0 aliphatic rings. The van der Waals surface area contributed by atoms with Gasteiger partial charge in [0.25, 0.3) is 0 Å². The van der Waals surface area contributed by atoms with Crippen LogP contribution in [-0.4, -0.2) is 33.5 Å². The first-order valence-electron chi connectivity index (χ1n) is 7.79. The number of hydrogen-bond donors (Lipinski definition) is 1. The third kappa shape index (κ3) is 5.55. The Bertz CT molecular complexity index is 747. The summed E-state index contributed by atoms with van der Waals surface area (Å²) < 4.78 is 20.2. The molecule has 0 unspecified atom stereocenters. The summed E-state index contributed by atoms with van der Waals surface area (Å²) in [5.41, 5.74) is 0. The first-order chi connectivity index (χ1) is 12.0. The van der Waals surface area contributed by atoms with Gasteiger partial charge in [-0.15, -0.1) is 0 Å². The SMILES string of the molecule is Cc1nc([N+](=O)[O-])cn1CCC(=O)NCCCOc1ccccc1F. The lowest BCUT2D eigenvalue weighted by atomic mass is 10.3. The molecule has 1 aromatic heterocycles. The first kappa shape index (κ1) is 18.4. The summed E-state index contributed by atoms with van der Waals surface area (Å²) >= 11 is 0. The van der Waals surface area contributed by atoms with Crippen molar-refractivity contribution in [3.8, 4) is 5.75 Å². The molecule has 9 heteroatoms. The Kier molecular flexibility index (Phi) is 6.44. The van der Waals surface area contributed by atoms with Gasteiger partial charge in [0.2, 0.25) is 11.7 Å². The number of nitrogens with zero attached hydrogens (tertiary/aromatic N) is 3. The molecule has 0 radical (unpaired) electrons. The number of hydrogen-bond acceptors (Lipinski definition) is 5. The number of rotatable bonds is 9. The number of carbonyl (C=O) groups excluding carboxylic acids is 1. The van der Waals surface area contributed by atoms with Crippen LogP contribution in [0.15, 0.2) is 30.5 Å². The molecule has 8 nitrogen and oxygen atoms in total. The fourth-order valence-corrected chi connectivity index (χ4v) is 2.16. The molecule has 0 spiro atoms. The van der Waals surface area contributed by atoms with Crippen molar-refractivity contribution in [3.63, 3.8) is 0 Å². The molecule has 0 fully saturated rings. The van der Waals surface area contributed by atoms with Crippen molar-refractivity contribution in [2.45, 2.75) is 26.3 Å². The van der Waals surface area contributed by atoms with E-state index in [0.717, 1.165) is 0 Å². The highest BCUT2D eigenvalue weighted by Gasteiger charge is 2.15. The Balaban J connectivity index is 1.64. The van der Waals surface area contributed by atoms with Crippen LogP contribution < -0.4 is 10.1 Å². The van der Waals surface area contributed by atoms with E-state index in [9.17, 15) is 19.3 Å². The molecule has 0 bridgehead atoms. The number of carbonyl (C=O) groups is 1. The Morgan fingerprint density at radius 1 is 1.44 bits per heavy atom. The number of nitro groups is 1. The van der Waals surface area contributed by atoms with Gasteiger partial charge in [-0.3, -0.25) is 4.79 Å². The fourth-order valence-electron chi connectivity index (χ4n) is 2.16. The lowest BCUT2D eigenvalue weighted by Crippen LogP contribution is -2.26. The van der Waals surface area contributed by atoms with Gasteiger partial charge < -0.3 is 24.7 Å². The molecule has 0 atom stereocenters. The van der Waals surface area contributed by atoms with Crippen molar-refractivity contribution in [1.82, 2.24) is 14.9 Å². The molecule has 0 aliphatic carbocycles. The second-order valence-electron chi connectivity index (χ2n) is 5.33. The zero-order valence-electron chi connectivity index (χ0n) is 13.8. The predicted molar refractivity (Wildman–Crippen MR) is 87.8 cm³/mol. The number of aryl methyl sites for hydroxylation is 2. The minimum absolute atomic E-state index is 0.179. The number of aromatic nitrogens is 2. The zero-order chi connectivity index (χ0) is 18.2. The van der Waals surface area contributed by atoms with Crippen LogP contribution >= 0.6 is 0 Å². The van der Waals surface area contributed by atoms with E-state index in [1.165, 1.54) is 12.3 Å². The average molecular weight is 350 g/mol. The lowest BCUT2D eigenvalue weighted by molar-refractivity contribution is -0.389. The Morgan fingerprint density at radius 3 is 2.88 bits per heavy atom. The van der Waals surface area contributed by atoms with E-state index in [-0.39, 0.29) is 30.5 Å². The predicted octanol–water partition coefficient (Wildman–Crippen LogP) is 2.21. The smallest absolute Gasteiger partial charge is 0.381 e. The Hall–Kier alpha value is -2.97. The molecular weight excluding hydrogens is 331 g/mol. The molecule has 0 saturated heterocycles. The summed E-state index contributed by atoms with van der Waals surface area (Å²) in [5, 5.41) is 13.4. The summed E-state index contributed by atoms with van der Waals surface area (Å²) in [5.74, 6) is -0.162. The van der Waals surface area contributed by atoms with Gasteiger partial charge >= 0.3 is 5.82 Å². The van der Waals surface area contributed by atoms with Crippen molar-refractivity contribution in [2.24, 2.45) is 0 Å². The van der Waals surface area contributed by atoms with Gasteiger partial charge in [-0.1, -0.05) is 12.1 Å². The third-order valence-electron chi connectivity index (χ3n) is 3.47. The van der Waals surface area contributed by atoms with Crippen molar-refractivity contribution in [3.05, 3.63) is 52.2 Å². The maximum atomic E-state index is 13.3. The minimum Gasteiger partial charge on any atom is -0.490 e. The number of benzene rings is 1. The lowest BCUT2D eigenvalue weighted by Gasteiger charge is -2.08. The third-order valence-corrected chi connectivity index (χ3v) is 3.47. The van der Waals surface area contributed by atoms with Gasteiger partial charge in [0.15, 0.2) is 11.6 Å². The molecule has 0 saturated carbocycles. The fraction of sp³-hybridized carbons (Fsp3) is 0.375. The number of ether oxygens (including phenoxy) is 1. The highest BCUT2D eigenvalue weighted by molar-refractivity contribution is 5.75. The molecule has 25 heavy (non-hydrogen) atoms. The summed E-state index contributed by atoms with van der Waals surface area (Å²) in [7, 11) is 0. The summed E-state index contributed by atoms with van der Waals surface area (Å²) in [4.78, 5) is 25.6. The van der Waals surface area contributed by atoms with E-state index < -0.39 is 10.7 Å². The molecule has 0 aliphatic heterocycles. The van der Waals surface area contributed by atoms with Crippen LogP contribution in [0, 0.1) is 22.9 Å². The molecular formula is C16H19FN4O4. The number of halogens is 1. The first-order valence-corrected chi connectivity index (χ1v) is 7.79. The van der Waals surface area contributed by atoms with E-state index >= 15 is 0 Å². The number of para-hydroxylation sites is 1. The van der Waals surface area contributed by atoms with Gasteiger partial charge in [-0.2, -0.15) is 0 Å². The molecule has 1 N–H and O–H groups in total. The second-order valence-corrected chi connectivity index (χ2v) is 5.33. The maximum absolute atomic E-state index is 13.3. The standard InChI is InChI=1S/C16H19FN4O4/c1-12-19-15(21(23)24)11-20(12)9-7-16(22)18-8-4-10-25-14-6-3-2-5-13(14)17/h2-3,5-6,11H,4,7-10H2,1H3,(H,18,22). The molecule has 1 heterocycles. The van der Waals surface area contributed by atoms with Crippen LogP contribution in [0.1, 0.15) is 18.7 Å². The van der Waals surface area contributed by atoms with Gasteiger partial charge in [0.05, 0.1) is 6.61 Å². The quantitative estimate of drug-likeness (QED) is 0.425. The topological polar surface area (TPSA) is 99.3 Å². The van der Waals surface area contributed by atoms with Crippen molar-refractivity contribution >= 4 is 11.7 Å².